The number of esters is 1. The number of hydrogen-bond donors (Lipinski definition) is 2. The largest absolute Gasteiger partial charge is 0.472 e. The van der Waals surface area contributed by atoms with E-state index in [1.54, 1.807) is 0 Å². The van der Waals surface area contributed by atoms with Gasteiger partial charge in [-0.1, -0.05) is 167 Å². The number of unbranched alkanes of at least 4 members (excludes halogenated alkanes) is 23. The van der Waals surface area contributed by atoms with Gasteiger partial charge in [-0.15, -0.1) is 0 Å². The van der Waals surface area contributed by atoms with E-state index in [9.17, 15) is 14.3 Å². The van der Waals surface area contributed by atoms with E-state index in [1.165, 1.54) is 128 Å². The van der Waals surface area contributed by atoms with Crippen molar-refractivity contribution in [2.24, 2.45) is 5.73 Å². The number of carbonyl (C=O) groups excluding carboxylic acids is 1. The van der Waals surface area contributed by atoms with Gasteiger partial charge in [-0.3, -0.25) is 13.8 Å². The zero-order chi connectivity index (χ0) is 36.6. The summed E-state index contributed by atoms with van der Waals surface area (Å²) in [5.74, 6) is -0.336. The lowest BCUT2D eigenvalue weighted by Crippen LogP contribution is -2.28. The molecule has 0 amide bonds. The maximum atomic E-state index is 12.6. The summed E-state index contributed by atoms with van der Waals surface area (Å²) in [4.78, 5) is 22.4. The van der Waals surface area contributed by atoms with Crippen molar-refractivity contribution in [1.82, 2.24) is 0 Å². The van der Waals surface area contributed by atoms with Crippen LogP contribution in [-0.4, -0.2) is 49.9 Å². The SMILES string of the molecule is CCCCC/C=C\C/C=C\CCCCCCCCCC(=O)OC(COCCCCCCCCCCCCCCCC)COP(=O)(O)OCCN. The first-order chi connectivity index (χ1) is 24.4. The average Bonchev–Trinajstić information content (AvgIpc) is 3.10. The Morgan fingerprint density at radius 1 is 0.600 bits per heavy atom. The van der Waals surface area contributed by atoms with Gasteiger partial charge in [-0.05, 0) is 44.9 Å². The third-order valence-corrected chi connectivity index (χ3v) is 9.86. The maximum Gasteiger partial charge on any atom is 0.472 e. The van der Waals surface area contributed by atoms with Gasteiger partial charge in [-0.2, -0.15) is 0 Å². The minimum Gasteiger partial charge on any atom is -0.457 e. The van der Waals surface area contributed by atoms with Crippen molar-refractivity contribution in [3.8, 4) is 0 Å². The monoisotopic (exact) mass is 730 g/mol. The van der Waals surface area contributed by atoms with E-state index in [4.69, 9.17) is 24.3 Å². The summed E-state index contributed by atoms with van der Waals surface area (Å²) in [7, 11) is -4.27. The fraction of sp³-hybridized carbons (Fsp3) is 0.878. The molecule has 0 saturated carbocycles. The van der Waals surface area contributed by atoms with Gasteiger partial charge in [0.15, 0.2) is 0 Å². The van der Waals surface area contributed by atoms with Crippen LogP contribution in [0.25, 0.3) is 0 Å². The smallest absolute Gasteiger partial charge is 0.457 e. The van der Waals surface area contributed by atoms with Crippen molar-refractivity contribution in [1.29, 1.82) is 0 Å². The van der Waals surface area contributed by atoms with Gasteiger partial charge in [0, 0.05) is 19.6 Å². The van der Waals surface area contributed by atoms with Gasteiger partial charge >= 0.3 is 13.8 Å². The number of phosphoric acid groups is 1. The zero-order valence-corrected chi connectivity index (χ0v) is 33.5. The van der Waals surface area contributed by atoms with Gasteiger partial charge < -0.3 is 20.1 Å². The summed E-state index contributed by atoms with van der Waals surface area (Å²) in [6.45, 7) is 4.91. The zero-order valence-electron chi connectivity index (χ0n) is 32.6. The molecule has 2 unspecified atom stereocenters. The molecular formula is C41H80NO7P. The number of carbonyl (C=O) groups is 1. The Morgan fingerprint density at radius 3 is 1.60 bits per heavy atom. The Labute approximate surface area is 308 Å². The van der Waals surface area contributed by atoms with E-state index in [2.05, 4.69) is 38.2 Å². The second-order valence-corrected chi connectivity index (χ2v) is 15.3. The molecule has 3 N–H and O–H groups in total. The summed E-state index contributed by atoms with van der Waals surface area (Å²) in [6, 6.07) is 0. The molecule has 0 heterocycles. The maximum absolute atomic E-state index is 12.6. The number of phosphoric ester groups is 1. The summed E-state index contributed by atoms with van der Waals surface area (Å²) in [5, 5.41) is 0. The van der Waals surface area contributed by atoms with E-state index >= 15 is 0 Å². The highest BCUT2D eigenvalue weighted by atomic mass is 31.2. The lowest BCUT2D eigenvalue weighted by molar-refractivity contribution is -0.154. The fourth-order valence-electron chi connectivity index (χ4n) is 5.79. The first-order valence-electron chi connectivity index (χ1n) is 20.8. The minimum atomic E-state index is -4.27. The predicted octanol–water partition coefficient (Wildman–Crippen LogP) is 12.1. The van der Waals surface area contributed by atoms with Crippen LogP contribution < -0.4 is 5.73 Å². The minimum absolute atomic E-state index is 0.0952. The summed E-state index contributed by atoms with van der Waals surface area (Å²) in [5.41, 5.74) is 5.36. The molecule has 0 rings (SSSR count). The summed E-state index contributed by atoms with van der Waals surface area (Å²) >= 11 is 0. The molecule has 0 aliphatic rings. The molecule has 9 heteroatoms. The van der Waals surface area contributed by atoms with Crippen LogP contribution in [-0.2, 0) is 27.9 Å². The molecule has 2 atom stereocenters. The van der Waals surface area contributed by atoms with Crippen LogP contribution in [0.3, 0.4) is 0 Å². The van der Waals surface area contributed by atoms with Crippen molar-refractivity contribution in [2.75, 3.05) is 33.0 Å². The van der Waals surface area contributed by atoms with Gasteiger partial charge in [0.05, 0.1) is 19.8 Å². The molecule has 0 aliphatic heterocycles. The molecule has 50 heavy (non-hydrogen) atoms. The first-order valence-corrected chi connectivity index (χ1v) is 22.3. The van der Waals surface area contributed by atoms with Crippen LogP contribution in [0.5, 0.6) is 0 Å². The highest BCUT2D eigenvalue weighted by Crippen LogP contribution is 2.43. The van der Waals surface area contributed by atoms with Gasteiger partial charge in [0.25, 0.3) is 0 Å². The Morgan fingerprint density at radius 2 is 1.06 bits per heavy atom. The van der Waals surface area contributed by atoms with Crippen molar-refractivity contribution >= 4 is 13.8 Å². The molecule has 0 bridgehead atoms. The molecule has 0 fully saturated rings. The van der Waals surface area contributed by atoms with Gasteiger partial charge in [0.1, 0.15) is 6.10 Å². The predicted molar refractivity (Wildman–Crippen MR) is 210 cm³/mol. The molecule has 0 aromatic rings. The molecular weight excluding hydrogens is 649 g/mol. The molecule has 8 nitrogen and oxygen atoms in total. The number of rotatable bonds is 40. The highest BCUT2D eigenvalue weighted by molar-refractivity contribution is 7.47. The van der Waals surface area contributed by atoms with Gasteiger partial charge in [-0.25, -0.2) is 4.57 Å². The van der Waals surface area contributed by atoms with Crippen LogP contribution in [0.1, 0.15) is 194 Å². The normalized spacial score (nSPS) is 13.8. The Bertz CT molecular complexity index is 823. The van der Waals surface area contributed by atoms with Crippen molar-refractivity contribution in [3.63, 3.8) is 0 Å². The summed E-state index contributed by atoms with van der Waals surface area (Å²) < 4.78 is 33.4. The number of nitrogens with two attached hydrogens (primary N) is 1. The first kappa shape index (κ1) is 49.0. The lowest BCUT2D eigenvalue weighted by atomic mass is 10.0. The topological polar surface area (TPSA) is 117 Å². The van der Waals surface area contributed by atoms with E-state index in [0.717, 1.165) is 44.9 Å². The Hall–Kier alpha value is -1.02. The molecule has 0 aromatic carbocycles. The van der Waals surface area contributed by atoms with Gasteiger partial charge in [0.2, 0.25) is 0 Å². The van der Waals surface area contributed by atoms with E-state index in [0.29, 0.717) is 13.0 Å². The average molecular weight is 730 g/mol. The molecule has 0 aromatic heterocycles. The Kier molecular flexibility index (Phi) is 38.4. The molecule has 0 saturated heterocycles. The van der Waals surface area contributed by atoms with E-state index in [1.807, 2.05) is 0 Å². The van der Waals surface area contributed by atoms with Crippen LogP contribution >= 0.6 is 7.82 Å². The van der Waals surface area contributed by atoms with Crippen LogP contribution in [0.4, 0.5) is 0 Å². The molecule has 296 valence electrons. The lowest BCUT2D eigenvalue weighted by Gasteiger charge is -2.20. The van der Waals surface area contributed by atoms with E-state index < -0.39 is 13.9 Å². The van der Waals surface area contributed by atoms with E-state index in [-0.39, 0.29) is 32.3 Å². The number of hydrogen-bond acceptors (Lipinski definition) is 7. The fourth-order valence-corrected chi connectivity index (χ4v) is 6.56. The standard InChI is InChI=1S/C41H80NO7P/c1-3-5-7-9-11-13-15-17-19-20-21-22-24-26-28-30-32-34-41(43)49-40(39-48-50(44,45)47-37-35-42)38-46-36-33-31-29-27-25-23-18-16-14-12-10-8-6-4-2/h11,13,17,19,40H,3-10,12,14-16,18,20-39,42H2,1-2H3,(H,44,45)/b13-11-,19-17-. The second-order valence-electron chi connectivity index (χ2n) is 13.9. The molecule has 0 aliphatic carbocycles. The van der Waals surface area contributed by atoms with Crippen LogP contribution in [0.2, 0.25) is 0 Å². The van der Waals surface area contributed by atoms with Crippen LogP contribution in [0.15, 0.2) is 24.3 Å². The van der Waals surface area contributed by atoms with Crippen molar-refractivity contribution in [2.45, 2.75) is 200 Å². The summed E-state index contributed by atoms with van der Waals surface area (Å²) in [6.07, 6.45) is 41.8. The number of ether oxygens (including phenoxy) is 2. The third-order valence-electron chi connectivity index (χ3n) is 8.87. The third kappa shape index (κ3) is 38.2. The van der Waals surface area contributed by atoms with Crippen molar-refractivity contribution in [3.05, 3.63) is 24.3 Å². The Balaban J connectivity index is 4.04. The quantitative estimate of drug-likeness (QED) is 0.0277. The molecule has 0 spiro atoms. The number of allylic oxidation sites excluding steroid dienone is 4. The van der Waals surface area contributed by atoms with Crippen LogP contribution in [0, 0.1) is 0 Å². The molecule has 0 radical (unpaired) electrons. The highest BCUT2D eigenvalue weighted by Gasteiger charge is 2.25. The van der Waals surface area contributed by atoms with Crippen molar-refractivity contribution < 1.29 is 32.8 Å². The second kappa shape index (κ2) is 39.2.